The third-order valence-electron chi connectivity index (χ3n) is 12.7. The summed E-state index contributed by atoms with van der Waals surface area (Å²) in [5, 5.41) is 0. The third-order valence-corrected chi connectivity index (χ3v) is 12.7. The Labute approximate surface area is 271 Å². The van der Waals surface area contributed by atoms with Gasteiger partial charge < -0.3 is 24.0 Å². The molecule has 1 aromatic carbocycles. The molecule has 2 amide bonds. The maximum Gasteiger partial charge on any atom is 0.313 e. The molecule has 5 saturated heterocycles. The molecule has 6 aliphatic heterocycles. The van der Waals surface area contributed by atoms with E-state index < -0.39 is 17.7 Å². The van der Waals surface area contributed by atoms with E-state index in [0.717, 1.165) is 68.9 Å². The summed E-state index contributed by atoms with van der Waals surface area (Å²) in [6.07, 6.45) is 8.78. The number of carbonyl (C=O) groups excluding carboxylic acids is 3. The number of benzene rings is 1. The molecule has 46 heavy (non-hydrogen) atoms. The molecule has 0 radical (unpaired) electrons. The lowest BCUT2D eigenvalue weighted by Gasteiger charge is -2.60. The zero-order valence-electron chi connectivity index (χ0n) is 27.4. The Morgan fingerprint density at radius 1 is 1.02 bits per heavy atom. The molecule has 250 valence electrons. The zero-order chi connectivity index (χ0) is 31.8. The van der Waals surface area contributed by atoms with Gasteiger partial charge in [0.15, 0.2) is 11.9 Å². The molecule has 7 fully saturated rings. The zero-order valence-corrected chi connectivity index (χ0v) is 27.4. The van der Waals surface area contributed by atoms with E-state index >= 15 is 0 Å². The first-order chi connectivity index (χ1) is 22.1. The summed E-state index contributed by atoms with van der Waals surface area (Å²) < 4.78 is 19.0. The summed E-state index contributed by atoms with van der Waals surface area (Å²) in [5.74, 6) is 0.284. The van der Waals surface area contributed by atoms with Gasteiger partial charge in [0, 0.05) is 31.3 Å². The summed E-state index contributed by atoms with van der Waals surface area (Å²) in [5.41, 5.74) is 1.43. The van der Waals surface area contributed by atoms with Crippen molar-refractivity contribution >= 4 is 17.8 Å². The van der Waals surface area contributed by atoms with Gasteiger partial charge in [-0.1, -0.05) is 39.2 Å². The predicted octanol–water partition coefficient (Wildman–Crippen LogP) is 5.08. The smallest absolute Gasteiger partial charge is 0.313 e. The number of rotatable bonds is 4. The molecule has 2 bridgehead atoms. The van der Waals surface area contributed by atoms with Crippen LogP contribution in [0.4, 0.5) is 0 Å². The minimum atomic E-state index is -0.864. The third kappa shape index (κ3) is 5.01. The molecule has 10 heteroatoms. The highest BCUT2D eigenvalue weighted by Crippen LogP contribution is 2.60. The molecule has 1 aromatic rings. The van der Waals surface area contributed by atoms with Gasteiger partial charge >= 0.3 is 5.97 Å². The van der Waals surface area contributed by atoms with Crippen molar-refractivity contribution in [1.82, 2.24) is 9.80 Å². The van der Waals surface area contributed by atoms with Crippen LogP contribution in [0.2, 0.25) is 0 Å². The summed E-state index contributed by atoms with van der Waals surface area (Å²) in [6, 6.07) is 5.51. The van der Waals surface area contributed by atoms with E-state index in [1.54, 1.807) is 4.90 Å². The maximum atomic E-state index is 13.5. The van der Waals surface area contributed by atoms with Gasteiger partial charge in [0.1, 0.15) is 5.75 Å². The molecule has 2 aliphatic carbocycles. The summed E-state index contributed by atoms with van der Waals surface area (Å²) in [6.45, 7) is 7.61. The second kappa shape index (κ2) is 11.6. The van der Waals surface area contributed by atoms with Crippen molar-refractivity contribution < 1.29 is 38.4 Å². The van der Waals surface area contributed by atoms with Crippen LogP contribution in [0.5, 0.6) is 5.75 Å². The highest BCUT2D eigenvalue weighted by molar-refractivity contribution is 5.88. The first-order valence-electron chi connectivity index (χ1n) is 17.8. The van der Waals surface area contributed by atoms with Crippen molar-refractivity contribution in [3.05, 3.63) is 29.3 Å². The van der Waals surface area contributed by atoms with Crippen LogP contribution in [-0.2, 0) is 40.1 Å². The molecule has 9 rings (SSSR count). The average Bonchev–Trinajstić information content (AvgIpc) is 3.29. The quantitative estimate of drug-likeness (QED) is 0.256. The number of amides is 2. The second-order valence-electron chi connectivity index (χ2n) is 15.4. The highest BCUT2D eigenvalue weighted by atomic mass is 17.3. The number of esters is 1. The van der Waals surface area contributed by atoms with E-state index in [0.29, 0.717) is 24.8 Å². The molecule has 0 N–H and O–H groups in total. The maximum absolute atomic E-state index is 13.5. The van der Waals surface area contributed by atoms with Crippen LogP contribution in [-0.4, -0.2) is 71.0 Å². The first-order valence-corrected chi connectivity index (χ1v) is 17.8. The van der Waals surface area contributed by atoms with E-state index in [9.17, 15) is 14.4 Å². The van der Waals surface area contributed by atoms with Gasteiger partial charge in [-0.25, -0.2) is 9.78 Å². The van der Waals surface area contributed by atoms with E-state index in [1.165, 1.54) is 6.42 Å². The molecule has 2 saturated carbocycles. The lowest BCUT2D eigenvalue weighted by Crippen LogP contribution is -2.70. The molecule has 0 aromatic heterocycles. The number of ether oxygens (including phenoxy) is 3. The molecule has 8 aliphatic rings. The van der Waals surface area contributed by atoms with Crippen molar-refractivity contribution in [3.63, 3.8) is 0 Å². The number of hydrogen-bond acceptors (Lipinski definition) is 8. The minimum Gasteiger partial charge on any atom is -0.426 e. The van der Waals surface area contributed by atoms with Crippen molar-refractivity contribution in [2.45, 2.75) is 121 Å². The fraction of sp³-hybridized carbons (Fsp3) is 0.750. The fourth-order valence-corrected chi connectivity index (χ4v) is 10.1. The van der Waals surface area contributed by atoms with Gasteiger partial charge in [0.05, 0.1) is 25.1 Å². The van der Waals surface area contributed by atoms with Gasteiger partial charge in [0.2, 0.25) is 17.6 Å². The number of carbonyl (C=O) groups is 3. The van der Waals surface area contributed by atoms with Crippen molar-refractivity contribution in [1.29, 1.82) is 0 Å². The van der Waals surface area contributed by atoms with Crippen LogP contribution in [0.25, 0.3) is 0 Å². The predicted molar refractivity (Wildman–Crippen MR) is 165 cm³/mol. The Kier molecular flexibility index (Phi) is 7.74. The van der Waals surface area contributed by atoms with Crippen molar-refractivity contribution in [3.8, 4) is 5.75 Å². The van der Waals surface area contributed by atoms with Gasteiger partial charge in [-0.2, -0.15) is 0 Å². The van der Waals surface area contributed by atoms with Gasteiger partial charge in [-0.3, -0.25) is 14.4 Å². The van der Waals surface area contributed by atoms with Gasteiger partial charge in [-0.15, -0.1) is 0 Å². The Balaban J connectivity index is 0.978. The molecular weight excluding hydrogens is 588 g/mol. The normalized spacial score (nSPS) is 40.4. The number of nitrogens with zero attached hydrogens (tertiary/aromatic N) is 2. The van der Waals surface area contributed by atoms with Crippen LogP contribution in [0.1, 0.15) is 102 Å². The lowest BCUT2D eigenvalue weighted by molar-refractivity contribution is -0.570. The van der Waals surface area contributed by atoms with Crippen LogP contribution < -0.4 is 4.74 Å². The van der Waals surface area contributed by atoms with Crippen molar-refractivity contribution in [2.75, 3.05) is 19.6 Å². The molecule has 6 heterocycles. The monoisotopic (exact) mass is 636 g/mol. The van der Waals surface area contributed by atoms with Gasteiger partial charge in [-0.05, 0) is 86.5 Å². The summed E-state index contributed by atoms with van der Waals surface area (Å²) >= 11 is 0. The number of piperazine rings is 1. The lowest BCUT2D eigenvalue weighted by atomic mass is 9.57. The van der Waals surface area contributed by atoms with E-state index in [-0.39, 0.29) is 66.6 Å². The Morgan fingerprint density at radius 3 is 2.67 bits per heavy atom. The Bertz CT molecular complexity index is 1400. The number of hydrogen-bond donors (Lipinski definition) is 0. The highest BCUT2D eigenvalue weighted by Gasteiger charge is 2.69. The van der Waals surface area contributed by atoms with Crippen LogP contribution >= 0.6 is 0 Å². The van der Waals surface area contributed by atoms with Crippen LogP contribution in [0.15, 0.2) is 18.2 Å². The molecular formula is C36H48N2O8. The molecule has 1 spiro atoms. The van der Waals surface area contributed by atoms with E-state index in [4.69, 9.17) is 24.0 Å². The largest absolute Gasteiger partial charge is 0.426 e. The van der Waals surface area contributed by atoms with E-state index in [2.05, 4.69) is 13.8 Å². The SMILES string of the molecule is C[C@H]1[C@@H](CC(=O)Oc2ccc3c(c2)C2CN(C(=O)C4CCCCC4)CC(=O)N2CC3)O[C@@H]2O[C@@]3(C)CC[C@H]4[C@H](C)CC[C@@H]1[C@@]24OO3. The van der Waals surface area contributed by atoms with Gasteiger partial charge in [0.25, 0.3) is 0 Å². The van der Waals surface area contributed by atoms with Crippen molar-refractivity contribution in [2.24, 2.45) is 29.6 Å². The Morgan fingerprint density at radius 2 is 1.85 bits per heavy atom. The van der Waals surface area contributed by atoms with E-state index in [1.807, 2.05) is 30.0 Å². The average molecular weight is 637 g/mol. The molecule has 9 atom stereocenters. The first kappa shape index (κ1) is 30.8. The standard InChI is InChI=1S/C36H48N2O8/c1-21-9-12-28-22(2)30(43-34-36(28)27(21)13-15-35(3,44-34)45-46-36)18-32(40)42-25-11-10-23-14-16-38-29(26(23)17-25)19-37(20-31(38)39)33(41)24-7-5-4-6-8-24/h10-11,17,21-22,24,27-30,34H,4-9,12-16,18-20H2,1-3H3/t21-,22-,27+,28+,29?,30-,34-,35-,36-/m1/s1. The van der Waals surface area contributed by atoms with Crippen LogP contribution in [0.3, 0.4) is 0 Å². The molecule has 10 nitrogen and oxygen atoms in total. The van der Waals surface area contributed by atoms with Crippen LogP contribution in [0, 0.1) is 29.6 Å². The summed E-state index contributed by atoms with van der Waals surface area (Å²) in [4.78, 5) is 56.0. The topological polar surface area (TPSA) is 104 Å². The second-order valence-corrected chi connectivity index (χ2v) is 15.4. The molecule has 1 unspecified atom stereocenters. The fourth-order valence-electron chi connectivity index (χ4n) is 10.1. The minimum absolute atomic E-state index is 0.00770. The number of fused-ring (bicyclic) bond motifs is 5. The summed E-state index contributed by atoms with van der Waals surface area (Å²) in [7, 11) is 0. The Hall–Kier alpha value is -2.53.